The number of aromatic nitrogens is 1. The van der Waals surface area contributed by atoms with E-state index < -0.39 is 18.5 Å². The van der Waals surface area contributed by atoms with E-state index in [0.717, 1.165) is 5.56 Å². The lowest BCUT2D eigenvalue weighted by Gasteiger charge is -2.21. The lowest BCUT2D eigenvalue weighted by molar-refractivity contribution is -0.135. The van der Waals surface area contributed by atoms with E-state index in [-0.39, 0.29) is 17.2 Å². The third-order valence-electron chi connectivity index (χ3n) is 4.91. The van der Waals surface area contributed by atoms with Gasteiger partial charge in [-0.15, -0.1) is 0 Å². The van der Waals surface area contributed by atoms with Crippen LogP contribution >= 0.6 is 0 Å². The Bertz CT molecular complexity index is 965. The molecule has 0 fully saturated rings. The molecule has 0 radical (unpaired) electrons. The fourth-order valence-corrected chi connectivity index (χ4v) is 3.23. The van der Waals surface area contributed by atoms with E-state index in [4.69, 9.17) is 18.9 Å². The second kappa shape index (κ2) is 10.5. The van der Waals surface area contributed by atoms with Gasteiger partial charge in [-0.25, -0.2) is 9.59 Å². The zero-order valence-electron chi connectivity index (χ0n) is 18.7. The minimum absolute atomic E-state index is 0.119. The second-order valence-electron chi connectivity index (χ2n) is 6.79. The van der Waals surface area contributed by atoms with Gasteiger partial charge in [0.25, 0.3) is 5.91 Å². The summed E-state index contributed by atoms with van der Waals surface area (Å²) in [5, 5.41) is 0. The number of hydrogen-bond acceptors (Lipinski definition) is 7. The summed E-state index contributed by atoms with van der Waals surface area (Å²) in [6, 6.07) is 5.39. The summed E-state index contributed by atoms with van der Waals surface area (Å²) in [4.78, 5) is 41.3. The fraction of sp³-hybridized carbons (Fsp3) is 0.409. The van der Waals surface area contributed by atoms with Crippen LogP contribution in [0, 0.1) is 13.8 Å². The Hall–Kier alpha value is -3.49. The van der Waals surface area contributed by atoms with Crippen LogP contribution in [0.2, 0.25) is 0 Å². The average molecular weight is 432 g/mol. The number of amides is 1. The maximum atomic E-state index is 12.6. The topological polar surface area (TPSA) is 107 Å². The van der Waals surface area contributed by atoms with Gasteiger partial charge in [-0.1, -0.05) is 6.07 Å². The van der Waals surface area contributed by atoms with E-state index in [1.807, 2.05) is 13.0 Å². The summed E-state index contributed by atoms with van der Waals surface area (Å²) in [5.41, 5.74) is 2.15. The van der Waals surface area contributed by atoms with Crippen LogP contribution in [0.5, 0.6) is 11.5 Å². The van der Waals surface area contributed by atoms with Crippen molar-refractivity contribution in [2.75, 3.05) is 34.5 Å². The number of nitrogens with zero attached hydrogens (tertiary/aromatic N) is 1. The molecule has 0 aliphatic rings. The van der Waals surface area contributed by atoms with Gasteiger partial charge in [0.15, 0.2) is 18.1 Å². The molecular formula is C22H28N2O7. The Kier molecular flexibility index (Phi) is 8.07. The van der Waals surface area contributed by atoms with Gasteiger partial charge in [0, 0.05) is 18.8 Å². The van der Waals surface area contributed by atoms with Gasteiger partial charge < -0.3 is 28.8 Å². The number of aromatic amines is 1. The molecule has 1 N–H and O–H groups in total. The van der Waals surface area contributed by atoms with Gasteiger partial charge >= 0.3 is 11.9 Å². The quantitative estimate of drug-likeness (QED) is 0.607. The number of nitrogens with one attached hydrogen (secondary N) is 1. The number of carbonyl (C=O) groups is 3. The van der Waals surface area contributed by atoms with Crippen LogP contribution in [-0.2, 0) is 20.8 Å². The summed E-state index contributed by atoms with van der Waals surface area (Å²) >= 11 is 0. The second-order valence-corrected chi connectivity index (χ2v) is 6.79. The van der Waals surface area contributed by atoms with Crippen LogP contribution in [0.4, 0.5) is 0 Å². The predicted octanol–water partition coefficient (Wildman–Crippen LogP) is 2.64. The van der Waals surface area contributed by atoms with Crippen LogP contribution in [0.1, 0.15) is 44.6 Å². The molecule has 9 heteroatoms. The van der Waals surface area contributed by atoms with E-state index in [1.165, 1.54) is 7.11 Å². The van der Waals surface area contributed by atoms with Crippen molar-refractivity contribution in [1.29, 1.82) is 0 Å². The van der Waals surface area contributed by atoms with Crippen LogP contribution in [0.15, 0.2) is 18.2 Å². The molecule has 1 amide bonds. The number of methoxy groups -OCH3 is 3. The van der Waals surface area contributed by atoms with Crippen LogP contribution in [-0.4, -0.2) is 62.2 Å². The third kappa shape index (κ3) is 5.36. The van der Waals surface area contributed by atoms with Crippen molar-refractivity contribution in [3.05, 3.63) is 46.3 Å². The monoisotopic (exact) mass is 432 g/mol. The molecule has 1 aromatic carbocycles. The molecule has 1 aromatic heterocycles. The first-order valence-electron chi connectivity index (χ1n) is 9.70. The minimum Gasteiger partial charge on any atom is -0.493 e. The molecule has 0 spiro atoms. The largest absolute Gasteiger partial charge is 0.493 e. The van der Waals surface area contributed by atoms with Crippen molar-refractivity contribution in [2.45, 2.75) is 27.3 Å². The highest BCUT2D eigenvalue weighted by Gasteiger charge is 2.24. The van der Waals surface area contributed by atoms with Gasteiger partial charge in [-0.05, 0) is 44.0 Å². The predicted molar refractivity (Wildman–Crippen MR) is 113 cm³/mol. The highest BCUT2D eigenvalue weighted by Crippen LogP contribution is 2.28. The first-order valence-corrected chi connectivity index (χ1v) is 9.70. The summed E-state index contributed by atoms with van der Waals surface area (Å²) in [7, 11) is 4.36. The molecule has 2 aromatic rings. The number of ether oxygens (including phenoxy) is 4. The number of carbonyl (C=O) groups excluding carboxylic acids is 3. The number of likely N-dealkylation sites (N-methyl/N-ethyl adjacent to an activating group) is 1. The number of rotatable bonds is 9. The molecule has 2 rings (SSSR count). The maximum Gasteiger partial charge on any atom is 0.355 e. The molecular weight excluding hydrogens is 404 g/mol. The van der Waals surface area contributed by atoms with Crippen molar-refractivity contribution in [2.24, 2.45) is 0 Å². The minimum atomic E-state index is -0.716. The Morgan fingerprint density at radius 1 is 1.00 bits per heavy atom. The molecule has 0 aliphatic heterocycles. The van der Waals surface area contributed by atoms with Crippen molar-refractivity contribution in [1.82, 2.24) is 9.88 Å². The van der Waals surface area contributed by atoms with E-state index in [2.05, 4.69) is 4.98 Å². The summed E-state index contributed by atoms with van der Waals surface area (Å²) < 4.78 is 20.4. The Balaban J connectivity index is 2.05. The Labute approximate surface area is 181 Å². The van der Waals surface area contributed by atoms with Crippen LogP contribution in [0.25, 0.3) is 0 Å². The number of H-pyrrole nitrogens is 1. The molecule has 9 nitrogen and oxygen atoms in total. The van der Waals surface area contributed by atoms with Crippen LogP contribution < -0.4 is 9.47 Å². The summed E-state index contributed by atoms with van der Waals surface area (Å²) in [6.07, 6.45) is 0. The average Bonchev–Trinajstić information content (AvgIpc) is 3.08. The summed E-state index contributed by atoms with van der Waals surface area (Å²) in [5.74, 6) is -0.453. The lowest BCUT2D eigenvalue weighted by atomic mass is 10.1. The maximum absolute atomic E-state index is 12.6. The standard InChI is InChI=1S/C22H28N2O7/c1-7-24(11-15-8-9-16(28-4)17(10-15)29-5)18(25)12-31-22(27)20-13(2)19(14(3)23-20)21(26)30-6/h8-10,23H,7,11-12H2,1-6H3. The van der Waals surface area contributed by atoms with Crippen molar-refractivity contribution >= 4 is 17.8 Å². The lowest BCUT2D eigenvalue weighted by Crippen LogP contribution is -2.34. The smallest absolute Gasteiger partial charge is 0.355 e. The molecule has 0 saturated heterocycles. The molecule has 0 bridgehead atoms. The molecule has 168 valence electrons. The Morgan fingerprint density at radius 2 is 1.68 bits per heavy atom. The van der Waals surface area contributed by atoms with Crippen molar-refractivity contribution in [3.63, 3.8) is 0 Å². The van der Waals surface area contributed by atoms with Gasteiger partial charge in [0.1, 0.15) is 5.69 Å². The fourth-order valence-electron chi connectivity index (χ4n) is 3.23. The molecule has 0 atom stereocenters. The van der Waals surface area contributed by atoms with E-state index in [9.17, 15) is 14.4 Å². The van der Waals surface area contributed by atoms with E-state index in [1.54, 1.807) is 45.1 Å². The van der Waals surface area contributed by atoms with Gasteiger partial charge in [0.05, 0.1) is 26.9 Å². The van der Waals surface area contributed by atoms with Gasteiger partial charge in [0.2, 0.25) is 0 Å². The first-order chi connectivity index (χ1) is 14.8. The van der Waals surface area contributed by atoms with E-state index >= 15 is 0 Å². The number of hydrogen-bond donors (Lipinski definition) is 1. The SMILES string of the molecule is CCN(Cc1ccc(OC)c(OC)c1)C(=O)COC(=O)c1[nH]c(C)c(C(=O)OC)c1C. The van der Waals surface area contributed by atoms with E-state index in [0.29, 0.717) is 35.8 Å². The van der Waals surface area contributed by atoms with Crippen molar-refractivity contribution < 1.29 is 33.3 Å². The Morgan fingerprint density at radius 3 is 2.26 bits per heavy atom. The van der Waals surface area contributed by atoms with Crippen LogP contribution in [0.3, 0.4) is 0 Å². The molecule has 0 aliphatic carbocycles. The molecule has 0 saturated carbocycles. The number of esters is 2. The zero-order valence-corrected chi connectivity index (χ0v) is 18.7. The number of aryl methyl sites for hydroxylation is 1. The highest BCUT2D eigenvalue weighted by molar-refractivity contribution is 5.99. The third-order valence-corrected chi connectivity index (χ3v) is 4.91. The van der Waals surface area contributed by atoms with Gasteiger partial charge in [-0.2, -0.15) is 0 Å². The van der Waals surface area contributed by atoms with Crippen molar-refractivity contribution in [3.8, 4) is 11.5 Å². The highest BCUT2D eigenvalue weighted by atomic mass is 16.5. The number of benzene rings is 1. The molecule has 1 heterocycles. The summed E-state index contributed by atoms with van der Waals surface area (Å²) in [6.45, 7) is 5.43. The first kappa shape index (κ1) is 23.8. The van der Waals surface area contributed by atoms with Gasteiger partial charge in [-0.3, -0.25) is 4.79 Å². The zero-order chi connectivity index (χ0) is 23.1. The molecule has 0 unspecified atom stereocenters. The normalized spacial score (nSPS) is 10.4. The molecule has 31 heavy (non-hydrogen) atoms.